The Labute approximate surface area is 87.7 Å². The predicted molar refractivity (Wildman–Crippen MR) is 50.2 cm³/mol. The van der Waals surface area contributed by atoms with Crippen molar-refractivity contribution in [2.24, 2.45) is 5.41 Å². The van der Waals surface area contributed by atoms with Crippen molar-refractivity contribution in [1.82, 2.24) is 4.90 Å². The van der Waals surface area contributed by atoms with E-state index in [1.807, 2.05) is 6.07 Å². The second kappa shape index (κ2) is 3.76. The van der Waals surface area contributed by atoms with Crippen LogP contribution in [0.1, 0.15) is 26.7 Å². The Balaban J connectivity index is 2.63. The number of carbonyl (C=O) groups is 1. The molecule has 0 N–H and O–H groups in total. The summed E-state index contributed by atoms with van der Waals surface area (Å²) < 4.78 is 25.6. The van der Waals surface area contributed by atoms with Crippen molar-refractivity contribution >= 4 is 5.91 Å². The van der Waals surface area contributed by atoms with Gasteiger partial charge in [-0.25, -0.2) is 8.78 Å². The molecule has 15 heavy (non-hydrogen) atoms. The highest BCUT2D eigenvalue weighted by molar-refractivity contribution is 5.84. The molecule has 1 heterocycles. The van der Waals surface area contributed by atoms with Crippen LogP contribution in [0.2, 0.25) is 0 Å². The molecule has 1 rings (SSSR count). The predicted octanol–water partition coefficient (Wildman–Crippen LogP) is 1.79. The van der Waals surface area contributed by atoms with Crippen LogP contribution >= 0.6 is 0 Å². The lowest BCUT2D eigenvalue weighted by Crippen LogP contribution is -2.47. The van der Waals surface area contributed by atoms with Gasteiger partial charge in [-0.1, -0.05) is 0 Å². The van der Waals surface area contributed by atoms with Crippen molar-refractivity contribution in [2.45, 2.75) is 32.6 Å². The van der Waals surface area contributed by atoms with Crippen LogP contribution in [0.3, 0.4) is 0 Å². The number of carbonyl (C=O) groups excluding carboxylic acids is 1. The van der Waals surface area contributed by atoms with E-state index in [1.54, 1.807) is 0 Å². The van der Waals surface area contributed by atoms with Crippen molar-refractivity contribution in [3.05, 3.63) is 0 Å². The van der Waals surface area contributed by atoms with Crippen LogP contribution in [0.5, 0.6) is 0 Å². The SMILES string of the molecule is CC(C)(C#N)C(=O)N1CCC(F)(F)CC1. The number of nitrogens with zero attached hydrogens (tertiary/aromatic N) is 2. The molecule has 1 amide bonds. The Morgan fingerprint density at radius 1 is 1.40 bits per heavy atom. The Bertz CT molecular complexity index is 297. The number of rotatable bonds is 1. The lowest BCUT2D eigenvalue weighted by atomic mass is 9.92. The fourth-order valence-electron chi connectivity index (χ4n) is 1.48. The van der Waals surface area contributed by atoms with E-state index in [0.717, 1.165) is 0 Å². The first-order valence-corrected chi connectivity index (χ1v) is 4.87. The van der Waals surface area contributed by atoms with E-state index in [2.05, 4.69) is 0 Å². The molecule has 0 spiro atoms. The highest BCUT2D eigenvalue weighted by Gasteiger charge is 2.39. The number of halogens is 2. The average Bonchev–Trinajstić information content (AvgIpc) is 2.17. The van der Waals surface area contributed by atoms with Crippen LogP contribution in [0.25, 0.3) is 0 Å². The topological polar surface area (TPSA) is 44.1 Å². The second-order valence-corrected chi connectivity index (χ2v) is 4.38. The Hall–Kier alpha value is -1.18. The van der Waals surface area contributed by atoms with Crippen molar-refractivity contribution in [2.75, 3.05) is 13.1 Å². The molecule has 3 nitrogen and oxygen atoms in total. The summed E-state index contributed by atoms with van der Waals surface area (Å²) in [7, 11) is 0. The quantitative estimate of drug-likeness (QED) is 0.670. The lowest BCUT2D eigenvalue weighted by molar-refractivity contribution is -0.143. The summed E-state index contributed by atoms with van der Waals surface area (Å²) in [6, 6.07) is 1.88. The van der Waals surface area contributed by atoms with E-state index in [9.17, 15) is 13.6 Å². The van der Waals surface area contributed by atoms with Gasteiger partial charge in [0.1, 0.15) is 5.41 Å². The smallest absolute Gasteiger partial charge is 0.251 e. The first kappa shape index (κ1) is 11.9. The minimum Gasteiger partial charge on any atom is -0.341 e. The molecule has 0 atom stereocenters. The van der Waals surface area contributed by atoms with Gasteiger partial charge in [-0.2, -0.15) is 5.26 Å². The van der Waals surface area contributed by atoms with Crippen LogP contribution in [-0.4, -0.2) is 29.8 Å². The maximum absolute atomic E-state index is 12.8. The largest absolute Gasteiger partial charge is 0.341 e. The van der Waals surface area contributed by atoms with Gasteiger partial charge in [0.25, 0.3) is 5.92 Å². The average molecular weight is 216 g/mol. The van der Waals surface area contributed by atoms with Gasteiger partial charge in [-0.05, 0) is 13.8 Å². The van der Waals surface area contributed by atoms with Crippen LogP contribution in [0.15, 0.2) is 0 Å². The van der Waals surface area contributed by atoms with Crippen LogP contribution in [0.4, 0.5) is 8.78 Å². The molecule has 0 saturated carbocycles. The van der Waals surface area contributed by atoms with E-state index in [0.29, 0.717) is 0 Å². The molecule has 1 aliphatic rings. The number of piperidine rings is 1. The Kier molecular flexibility index (Phi) is 2.98. The summed E-state index contributed by atoms with van der Waals surface area (Å²) in [5, 5.41) is 8.75. The van der Waals surface area contributed by atoms with Crippen LogP contribution < -0.4 is 0 Å². The molecule has 0 aromatic carbocycles. The third-order valence-electron chi connectivity index (χ3n) is 2.60. The van der Waals surface area contributed by atoms with E-state index in [1.165, 1.54) is 18.7 Å². The zero-order chi connectivity index (χ0) is 11.7. The molecular formula is C10H14F2N2O. The van der Waals surface area contributed by atoms with Gasteiger partial charge in [0.2, 0.25) is 5.91 Å². The lowest BCUT2D eigenvalue weighted by Gasteiger charge is -2.34. The van der Waals surface area contributed by atoms with Gasteiger partial charge in [-0.3, -0.25) is 4.79 Å². The monoisotopic (exact) mass is 216 g/mol. The van der Waals surface area contributed by atoms with Crippen LogP contribution in [-0.2, 0) is 4.79 Å². The maximum atomic E-state index is 12.8. The zero-order valence-corrected chi connectivity index (χ0v) is 8.89. The summed E-state index contributed by atoms with van der Waals surface area (Å²) >= 11 is 0. The molecule has 1 fully saturated rings. The summed E-state index contributed by atoms with van der Waals surface area (Å²) in [6.07, 6.45) is -0.611. The molecule has 0 unspecified atom stereocenters. The molecule has 1 saturated heterocycles. The third-order valence-corrected chi connectivity index (χ3v) is 2.60. The molecule has 84 valence electrons. The summed E-state index contributed by atoms with van der Waals surface area (Å²) in [6.45, 7) is 3.08. The normalized spacial score (nSPS) is 20.9. The highest BCUT2D eigenvalue weighted by atomic mass is 19.3. The molecule has 0 aromatic heterocycles. The number of amides is 1. The van der Waals surface area contributed by atoms with Crippen LogP contribution in [0, 0.1) is 16.7 Å². The van der Waals surface area contributed by atoms with Gasteiger partial charge in [0.05, 0.1) is 6.07 Å². The molecule has 0 aliphatic carbocycles. The van der Waals surface area contributed by atoms with Gasteiger partial charge < -0.3 is 4.90 Å². The van der Waals surface area contributed by atoms with Crippen molar-refractivity contribution in [3.63, 3.8) is 0 Å². The Morgan fingerprint density at radius 2 is 1.87 bits per heavy atom. The number of alkyl halides is 2. The summed E-state index contributed by atoms with van der Waals surface area (Å²) in [4.78, 5) is 13.1. The zero-order valence-electron chi connectivity index (χ0n) is 8.89. The third kappa shape index (κ3) is 2.65. The molecule has 0 bridgehead atoms. The molecule has 5 heteroatoms. The van der Waals surface area contributed by atoms with Crippen molar-refractivity contribution in [3.8, 4) is 6.07 Å². The standard InChI is InChI=1S/C10H14F2N2O/c1-9(2,7-13)8(15)14-5-3-10(11,12)4-6-14/h3-6H2,1-2H3. The van der Waals surface area contributed by atoms with E-state index < -0.39 is 11.3 Å². The van der Waals surface area contributed by atoms with Gasteiger partial charge in [0, 0.05) is 25.9 Å². The van der Waals surface area contributed by atoms with Crippen molar-refractivity contribution < 1.29 is 13.6 Å². The first-order valence-electron chi connectivity index (χ1n) is 4.87. The van der Waals surface area contributed by atoms with Gasteiger partial charge in [0.15, 0.2) is 0 Å². The van der Waals surface area contributed by atoms with Crippen molar-refractivity contribution in [1.29, 1.82) is 5.26 Å². The minimum absolute atomic E-state index is 0.0386. The van der Waals surface area contributed by atoms with E-state index >= 15 is 0 Å². The molecule has 0 aromatic rings. The molecule has 0 radical (unpaired) electrons. The van der Waals surface area contributed by atoms with Gasteiger partial charge >= 0.3 is 0 Å². The second-order valence-electron chi connectivity index (χ2n) is 4.38. The van der Waals surface area contributed by atoms with E-state index in [4.69, 9.17) is 5.26 Å². The number of hydrogen-bond acceptors (Lipinski definition) is 2. The minimum atomic E-state index is -2.66. The number of likely N-dealkylation sites (tertiary alicyclic amines) is 1. The number of nitriles is 1. The maximum Gasteiger partial charge on any atom is 0.251 e. The summed E-state index contributed by atoms with van der Waals surface area (Å²) in [5.41, 5.74) is -1.12. The molecular weight excluding hydrogens is 202 g/mol. The number of hydrogen-bond donors (Lipinski definition) is 0. The Morgan fingerprint density at radius 3 is 2.27 bits per heavy atom. The first-order chi connectivity index (χ1) is 6.78. The van der Waals surface area contributed by atoms with Gasteiger partial charge in [-0.15, -0.1) is 0 Å². The summed E-state index contributed by atoms with van der Waals surface area (Å²) in [5.74, 6) is -3.02. The molecule has 1 aliphatic heterocycles. The highest BCUT2D eigenvalue weighted by Crippen LogP contribution is 2.29. The van der Waals surface area contributed by atoms with E-state index in [-0.39, 0.29) is 31.8 Å². The fourth-order valence-corrected chi connectivity index (χ4v) is 1.48. The fraction of sp³-hybridized carbons (Fsp3) is 0.800.